The van der Waals surface area contributed by atoms with Crippen LogP contribution in [0, 0.1) is 0 Å². The summed E-state index contributed by atoms with van der Waals surface area (Å²) in [5.74, 6) is 0.587. The maximum absolute atomic E-state index is 12.1. The Morgan fingerprint density at radius 1 is 1.04 bits per heavy atom. The number of benzene rings is 1. The first-order chi connectivity index (χ1) is 10.9. The van der Waals surface area contributed by atoms with Gasteiger partial charge in [-0.2, -0.15) is 0 Å². The fourth-order valence-corrected chi connectivity index (χ4v) is 4.75. The number of alkyl halides is 4. The van der Waals surface area contributed by atoms with Crippen molar-refractivity contribution < 1.29 is 14.3 Å². The molecule has 2 heterocycles. The van der Waals surface area contributed by atoms with Gasteiger partial charge in [0.05, 0.1) is 4.88 Å². The number of ether oxygens (including phenoxy) is 1. The van der Waals surface area contributed by atoms with Crippen LogP contribution in [0.2, 0.25) is 0 Å². The van der Waals surface area contributed by atoms with Crippen LogP contribution in [-0.2, 0) is 6.61 Å². The van der Waals surface area contributed by atoms with Crippen LogP contribution in [0.5, 0.6) is 5.75 Å². The molecule has 1 aromatic carbocycles. The van der Waals surface area contributed by atoms with Crippen LogP contribution >= 0.6 is 75.1 Å². The Kier molecular flexibility index (Phi) is 5.47. The van der Waals surface area contributed by atoms with Crippen LogP contribution in [0.1, 0.15) is 25.6 Å². The molecule has 1 aromatic heterocycles. The largest absolute Gasteiger partial charge is 0.488 e. The van der Waals surface area contributed by atoms with Gasteiger partial charge in [-0.15, -0.1) is 11.3 Å². The van der Waals surface area contributed by atoms with E-state index in [4.69, 9.17) is 4.74 Å². The zero-order valence-corrected chi connectivity index (χ0v) is 18.5. The van der Waals surface area contributed by atoms with Crippen molar-refractivity contribution in [3.63, 3.8) is 0 Å². The van der Waals surface area contributed by atoms with Gasteiger partial charge >= 0.3 is 0 Å². The van der Waals surface area contributed by atoms with Crippen molar-refractivity contribution in [2.75, 3.05) is 0 Å². The molecule has 3 nitrogen and oxygen atoms in total. The molecule has 0 saturated carbocycles. The molecular weight excluding hydrogens is 580 g/mol. The average Bonchev–Trinajstić information content (AvgIpc) is 2.96. The molecule has 0 bridgehead atoms. The van der Waals surface area contributed by atoms with Gasteiger partial charge < -0.3 is 4.74 Å². The van der Waals surface area contributed by atoms with E-state index in [0.29, 0.717) is 22.8 Å². The van der Waals surface area contributed by atoms with Crippen molar-refractivity contribution in [1.82, 2.24) is 0 Å². The summed E-state index contributed by atoms with van der Waals surface area (Å²) < 4.78 is 4.94. The van der Waals surface area contributed by atoms with Gasteiger partial charge in [0, 0.05) is 21.6 Å². The molecule has 0 spiro atoms. The van der Waals surface area contributed by atoms with Crippen molar-refractivity contribution in [3.05, 3.63) is 40.3 Å². The Morgan fingerprint density at radius 2 is 1.74 bits per heavy atom. The summed E-state index contributed by atoms with van der Waals surface area (Å²) in [6, 6.07) is 7.25. The molecule has 0 atom stereocenters. The van der Waals surface area contributed by atoms with E-state index in [1.165, 1.54) is 11.3 Å². The topological polar surface area (TPSA) is 43.4 Å². The predicted molar refractivity (Wildman–Crippen MR) is 106 cm³/mol. The Hall–Kier alpha value is -0.0200. The molecule has 0 fully saturated rings. The molecule has 0 N–H and O–H groups in total. The summed E-state index contributed by atoms with van der Waals surface area (Å²) in [5, 5.41) is 0. The van der Waals surface area contributed by atoms with E-state index < -0.39 is 7.47 Å². The maximum atomic E-state index is 12.1. The van der Waals surface area contributed by atoms with Gasteiger partial charge in [-0.25, -0.2) is 0 Å². The normalized spacial score (nSPS) is 12.8. The molecule has 23 heavy (non-hydrogen) atoms. The zero-order valence-electron chi connectivity index (χ0n) is 11.3. The number of halogens is 4. The van der Waals surface area contributed by atoms with E-state index in [0.717, 1.165) is 16.0 Å². The van der Waals surface area contributed by atoms with Crippen LogP contribution in [0.25, 0.3) is 10.4 Å². The molecule has 1 aliphatic heterocycles. The highest BCUT2D eigenvalue weighted by Crippen LogP contribution is 2.43. The third kappa shape index (κ3) is 3.51. The predicted octanol–water partition coefficient (Wildman–Crippen LogP) is 5.90. The highest BCUT2D eigenvalue weighted by atomic mass is 79.9. The minimum Gasteiger partial charge on any atom is -0.488 e. The lowest BCUT2D eigenvalue weighted by Crippen LogP contribution is -2.09. The highest BCUT2D eigenvalue weighted by molar-refractivity contribution is 9.25. The van der Waals surface area contributed by atoms with Crippen molar-refractivity contribution in [1.29, 1.82) is 0 Å². The molecule has 0 unspecified atom stereocenters. The molecule has 120 valence electrons. The number of hydrogen-bond donors (Lipinski definition) is 0. The van der Waals surface area contributed by atoms with Gasteiger partial charge in [-0.1, -0.05) is 69.8 Å². The average molecular weight is 588 g/mol. The molecular formula is C15H8Br4O3S. The van der Waals surface area contributed by atoms with E-state index in [1.54, 1.807) is 12.1 Å². The van der Waals surface area contributed by atoms with Gasteiger partial charge in [0.15, 0.2) is 11.6 Å². The molecule has 8 heteroatoms. The smallest absolute Gasteiger partial charge is 0.197 e. The van der Waals surface area contributed by atoms with Crippen LogP contribution in [-0.4, -0.2) is 19.0 Å². The molecule has 0 aliphatic carbocycles. The lowest BCUT2D eigenvalue weighted by atomic mass is 10.0. The summed E-state index contributed by atoms with van der Waals surface area (Å²) in [5.41, 5.74) is 2.47. The molecule has 1 aliphatic rings. The minimum atomic E-state index is -0.423. The number of thiophene rings is 1. The van der Waals surface area contributed by atoms with E-state index in [-0.39, 0.29) is 11.6 Å². The third-order valence-corrected chi connectivity index (χ3v) is 6.23. The highest BCUT2D eigenvalue weighted by Gasteiger charge is 2.25. The van der Waals surface area contributed by atoms with E-state index in [2.05, 4.69) is 63.7 Å². The van der Waals surface area contributed by atoms with Gasteiger partial charge in [0.2, 0.25) is 0 Å². The monoisotopic (exact) mass is 584 g/mol. The summed E-state index contributed by atoms with van der Waals surface area (Å²) >= 11 is 14.3. The zero-order chi connectivity index (χ0) is 16.7. The summed E-state index contributed by atoms with van der Waals surface area (Å²) in [6.07, 6.45) is 0. The van der Waals surface area contributed by atoms with Gasteiger partial charge in [0.1, 0.15) is 19.8 Å². The van der Waals surface area contributed by atoms with Crippen LogP contribution in [0.3, 0.4) is 0 Å². The van der Waals surface area contributed by atoms with Crippen molar-refractivity contribution in [2.24, 2.45) is 0 Å². The van der Waals surface area contributed by atoms with Crippen molar-refractivity contribution in [2.45, 2.75) is 14.1 Å². The maximum Gasteiger partial charge on any atom is 0.197 e. The second-order valence-corrected chi connectivity index (χ2v) is 12.0. The molecule has 0 saturated heterocycles. The Labute approximate surface area is 170 Å². The van der Waals surface area contributed by atoms with Gasteiger partial charge in [-0.05, 0) is 18.2 Å². The van der Waals surface area contributed by atoms with E-state index in [1.807, 2.05) is 12.1 Å². The lowest BCUT2D eigenvalue weighted by molar-refractivity contribution is 0.101. The number of Topliss-reactive ketones (excluding diaryl/α,β-unsaturated/α-hetero) is 2. The van der Waals surface area contributed by atoms with Crippen LogP contribution in [0.4, 0.5) is 0 Å². The lowest BCUT2D eigenvalue weighted by Gasteiger charge is -2.18. The summed E-state index contributed by atoms with van der Waals surface area (Å²) in [6.45, 7) is 0.394. The molecule has 0 amide bonds. The number of ketones is 2. The fourth-order valence-electron chi connectivity index (χ4n) is 2.26. The first-order valence-corrected chi connectivity index (χ1v) is 10.9. The fraction of sp³-hybridized carbons (Fsp3) is 0.200. The second kappa shape index (κ2) is 7.07. The molecule has 3 rings (SSSR count). The molecule has 0 radical (unpaired) electrons. The van der Waals surface area contributed by atoms with Gasteiger partial charge in [-0.3, -0.25) is 9.59 Å². The minimum absolute atomic E-state index is 0.0147. The van der Waals surface area contributed by atoms with Gasteiger partial charge in [0.25, 0.3) is 0 Å². The standard InChI is InChI=1S/C15H8Br4O3S/c16-14(17)11(20)6-1-2-8-9(3-6)22-5-7-4-10(23-13(7)8)12(21)15(18)19/h1-4,14-15H,5H2. The number of carbonyl (C=O) groups is 2. The number of fused-ring (bicyclic) bond motifs is 3. The number of carbonyl (C=O) groups excluding carboxylic acids is 2. The molecule has 2 aromatic rings. The number of rotatable bonds is 4. The van der Waals surface area contributed by atoms with Crippen LogP contribution < -0.4 is 4.74 Å². The SMILES string of the molecule is O=C(c1ccc2c(c1)OCc1cc(C(=O)C(Br)Br)sc1-2)C(Br)Br. The van der Waals surface area contributed by atoms with E-state index in [9.17, 15) is 9.59 Å². The first kappa shape index (κ1) is 17.8. The van der Waals surface area contributed by atoms with Crippen LogP contribution in [0.15, 0.2) is 24.3 Å². The third-order valence-electron chi connectivity index (χ3n) is 3.34. The Bertz CT molecular complexity index is 798. The first-order valence-electron chi connectivity index (χ1n) is 6.43. The summed E-state index contributed by atoms with van der Waals surface area (Å²) in [4.78, 5) is 25.8. The van der Waals surface area contributed by atoms with E-state index >= 15 is 0 Å². The van der Waals surface area contributed by atoms with Crippen molar-refractivity contribution >= 4 is 86.6 Å². The Balaban J connectivity index is 2.01. The quantitative estimate of drug-likeness (QED) is 0.330. The number of hydrogen-bond acceptors (Lipinski definition) is 4. The second-order valence-electron chi connectivity index (χ2n) is 4.79. The van der Waals surface area contributed by atoms with Crippen molar-refractivity contribution in [3.8, 4) is 16.2 Å². The Morgan fingerprint density at radius 3 is 2.39 bits per heavy atom. The summed E-state index contributed by atoms with van der Waals surface area (Å²) in [7, 11) is 0.